The average molecular weight is 418 g/mol. The molecule has 0 radical (unpaired) electrons. The molecule has 9 heteroatoms. The molecular weight excluding hydrogens is 390 g/mol. The van der Waals surface area contributed by atoms with Crippen molar-refractivity contribution in [3.63, 3.8) is 0 Å². The van der Waals surface area contributed by atoms with Crippen LogP contribution < -0.4 is 14.8 Å². The van der Waals surface area contributed by atoms with E-state index in [1.54, 1.807) is 17.8 Å². The van der Waals surface area contributed by atoms with E-state index in [0.717, 1.165) is 54.9 Å². The molecule has 3 heterocycles. The second kappa shape index (κ2) is 9.04. The van der Waals surface area contributed by atoms with Gasteiger partial charge in [-0.25, -0.2) is 0 Å². The predicted molar refractivity (Wildman–Crippen MR) is 112 cm³/mol. The number of aromatic nitrogens is 3. The molecule has 1 atom stereocenters. The Kier molecular flexibility index (Phi) is 6.25. The van der Waals surface area contributed by atoms with Crippen LogP contribution in [0.3, 0.4) is 0 Å². The molecule has 2 aliphatic rings. The van der Waals surface area contributed by atoms with Crippen LogP contribution in [-0.4, -0.2) is 57.8 Å². The van der Waals surface area contributed by atoms with E-state index in [0.29, 0.717) is 24.0 Å². The molecule has 1 fully saturated rings. The fourth-order valence-corrected chi connectivity index (χ4v) is 4.66. The van der Waals surface area contributed by atoms with Crippen molar-refractivity contribution in [1.29, 1.82) is 0 Å². The highest BCUT2D eigenvalue weighted by Crippen LogP contribution is 2.34. The molecule has 29 heavy (non-hydrogen) atoms. The van der Waals surface area contributed by atoms with Gasteiger partial charge in [-0.05, 0) is 44.2 Å². The number of ether oxygens (including phenoxy) is 2. The number of nitrogens with zero attached hydrogens (tertiary/aromatic N) is 4. The van der Waals surface area contributed by atoms with Crippen LogP contribution in [0.5, 0.6) is 11.5 Å². The molecule has 0 aliphatic carbocycles. The summed E-state index contributed by atoms with van der Waals surface area (Å²) in [5.41, 5.74) is 0.722. The van der Waals surface area contributed by atoms with Crippen LogP contribution in [0.2, 0.25) is 0 Å². The average Bonchev–Trinajstić information content (AvgIpc) is 3.34. The molecule has 1 saturated heterocycles. The molecular formula is C20H27N5O3S. The second-order valence-electron chi connectivity index (χ2n) is 7.21. The largest absolute Gasteiger partial charge is 0.454 e. The van der Waals surface area contributed by atoms with Crippen LogP contribution in [0.15, 0.2) is 23.4 Å². The van der Waals surface area contributed by atoms with Crippen LogP contribution in [-0.2, 0) is 11.3 Å². The third kappa shape index (κ3) is 4.51. The highest BCUT2D eigenvalue weighted by molar-refractivity contribution is 7.99. The lowest BCUT2D eigenvalue weighted by Gasteiger charge is -2.31. The third-order valence-electron chi connectivity index (χ3n) is 5.23. The van der Waals surface area contributed by atoms with Crippen molar-refractivity contribution in [1.82, 2.24) is 19.7 Å². The Labute approximate surface area is 175 Å². The van der Waals surface area contributed by atoms with Crippen molar-refractivity contribution in [2.45, 2.75) is 44.3 Å². The Morgan fingerprint density at radius 3 is 2.97 bits per heavy atom. The number of benzene rings is 1. The summed E-state index contributed by atoms with van der Waals surface area (Å²) < 4.78 is 12.9. The van der Waals surface area contributed by atoms with E-state index in [1.165, 1.54) is 0 Å². The van der Waals surface area contributed by atoms with Crippen molar-refractivity contribution in [3.05, 3.63) is 24.0 Å². The van der Waals surface area contributed by atoms with Gasteiger partial charge in [0.2, 0.25) is 12.7 Å². The Morgan fingerprint density at radius 2 is 2.14 bits per heavy atom. The van der Waals surface area contributed by atoms with Crippen molar-refractivity contribution < 1.29 is 14.3 Å². The van der Waals surface area contributed by atoms with E-state index in [9.17, 15) is 4.79 Å². The Balaban J connectivity index is 1.37. The summed E-state index contributed by atoms with van der Waals surface area (Å²) in [4.78, 5) is 14.8. The topological polar surface area (TPSA) is 81.5 Å². The lowest BCUT2D eigenvalue weighted by Crippen LogP contribution is -2.40. The van der Waals surface area contributed by atoms with E-state index in [2.05, 4.69) is 38.8 Å². The van der Waals surface area contributed by atoms with Crippen molar-refractivity contribution in [3.8, 4) is 11.5 Å². The van der Waals surface area contributed by atoms with E-state index in [4.69, 9.17) is 9.47 Å². The number of carbonyl (C=O) groups excluding carboxylic acids is 1. The first kappa shape index (κ1) is 20.0. The zero-order chi connectivity index (χ0) is 20.2. The number of likely N-dealkylation sites (tertiary alicyclic amines) is 1. The molecule has 4 rings (SSSR count). The standard InChI is InChI=1S/C20H27N5O3S/c1-3-25-19(22-23-20(25)29-4-2)14-6-5-9-24(11-14)12-18(26)21-15-7-8-16-17(10-15)28-13-27-16/h7-8,10,14H,3-6,9,11-13H2,1-2H3,(H,21,26). The van der Waals surface area contributed by atoms with Gasteiger partial charge in [0.05, 0.1) is 6.54 Å². The summed E-state index contributed by atoms with van der Waals surface area (Å²) in [5.74, 6) is 3.69. The fourth-order valence-electron chi connectivity index (χ4n) is 3.92. The summed E-state index contributed by atoms with van der Waals surface area (Å²) in [6, 6.07) is 5.45. The monoisotopic (exact) mass is 417 g/mol. The summed E-state index contributed by atoms with van der Waals surface area (Å²) >= 11 is 1.72. The van der Waals surface area contributed by atoms with Gasteiger partial charge in [-0.1, -0.05) is 18.7 Å². The van der Waals surface area contributed by atoms with Gasteiger partial charge in [-0.2, -0.15) is 0 Å². The number of anilines is 1. The molecule has 0 saturated carbocycles. The number of carbonyl (C=O) groups is 1. The zero-order valence-corrected chi connectivity index (χ0v) is 17.7. The summed E-state index contributed by atoms with van der Waals surface area (Å²) in [6.45, 7) is 7.45. The van der Waals surface area contributed by atoms with Crippen LogP contribution in [0.4, 0.5) is 5.69 Å². The fraction of sp³-hybridized carbons (Fsp3) is 0.550. The number of rotatable bonds is 7. The lowest BCUT2D eigenvalue weighted by atomic mass is 9.97. The Morgan fingerprint density at radius 1 is 1.28 bits per heavy atom. The first-order valence-electron chi connectivity index (χ1n) is 10.2. The van der Waals surface area contributed by atoms with E-state index >= 15 is 0 Å². The molecule has 2 aromatic rings. The van der Waals surface area contributed by atoms with Gasteiger partial charge in [0.1, 0.15) is 5.82 Å². The zero-order valence-electron chi connectivity index (χ0n) is 16.9. The maximum atomic E-state index is 12.6. The quantitative estimate of drug-likeness (QED) is 0.694. The van der Waals surface area contributed by atoms with E-state index < -0.39 is 0 Å². The Hall–Kier alpha value is -2.26. The maximum absolute atomic E-state index is 12.6. The molecule has 2 aliphatic heterocycles. The summed E-state index contributed by atoms with van der Waals surface area (Å²) in [6.07, 6.45) is 2.13. The predicted octanol–water partition coefficient (Wildman–Crippen LogP) is 2.96. The van der Waals surface area contributed by atoms with Crippen LogP contribution in [0.25, 0.3) is 0 Å². The molecule has 156 valence electrons. The molecule has 1 amide bonds. The minimum absolute atomic E-state index is 0.0244. The van der Waals surface area contributed by atoms with Gasteiger partial charge in [0.25, 0.3) is 0 Å². The molecule has 8 nitrogen and oxygen atoms in total. The third-order valence-corrected chi connectivity index (χ3v) is 6.08. The number of hydrogen-bond donors (Lipinski definition) is 1. The summed E-state index contributed by atoms with van der Waals surface area (Å²) in [5, 5.41) is 12.8. The molecule has 0 spiro atoms. The number of nitrogens with one attached hydrogen (secondary N) is 1. The van der Waals surface area contributed by atoms with Crippen molar-refractivity contribution in [2.24, 2.45) is 0 Å². The number of hydrogen-bond acceptors (Lipinski definition) is 7. The van der Waals surface area contributed by atoms with Gasteiger partial charge in [0, 0.05) is 30.8 Å². The minimum atomic E-state index is -0.0244. The number of thioether (sulfide) groups is 1. The number of amides is 1. The highest BCUT2D eigenvalue weighted by atomic mass is 32.2. The number of fused-ring (bicyclic) bond motifs is 1. The molecule has 1 unspecified atom stereocenters. The van der Waals surface area contributed by atoms with Gasteiger partial charge >= 0.3 is 0 Å². The van der Waals surface area contributed by atoms with Gasteiger partial charge in [0.15, 0.2) is 16.7 Å². The molecule has 1 aromatic carbocycles. The van der Waals surface area contributed by atoms with Gasteiger partial charge in [-0.15, -0.1) is 10.2 Å². The maximum Gasteiger partial charge on any atom is 0.238 e. The van der Waals surface area contributed by atoms with Crippen molar-refractivity contribution >= 4 is 23.4 Å². The van der Waals surface area contributed by atoms with Gasteiger partial charge in [-0.3, -0.25) is 9.69 Å². The van der Waals surface area contributed by atoms with Crippen molar-refractivity contribution in [2.75, 3.05) is 37.5 Å². The SMILES string of the molecule is CCSc1nnc(C2CCCN(CC(=O)Nc3ccc4c(c3)OCO4)C2)n1CC. The minimum Gasteiger partial charge on any atom is -0.454 e. The highest BCUT2D eigenvalue weighted by Gasteiger charge is 2.27. The van der Waals surface area contributed by atoms with Gasteiger partial charge < -0.3 is 19.4 Å². The number of piperidine rings is 1. The summed E-state index contributed by atoms with van der Waals surface area (Å²) in [7, 11) is 0. The first-order chi connectivity index (χ1) is 14.2. The molecule has 1 aromatic heterocycles. The Bertz CT molecular complexity index is 872. The smallest absolute Gasteiger partial charge is 0.238 e. The van der Waals surface area contributed by atoms with Crippen LogP contribution in [0.1, 0.15) is 38.4 Å². The molecule has 1 N–H and O–H groups in total. The second-order valence-corrected chi connectivity index (χ2v) is 8.44. The van der Waals surface area contributed by atoms with Crippen LogP contribution >= 0.6 is 11.8 Å². The lowest BCUT2D eigenvalue weighted by molar-refractivity contribution is -0.117. The normalized spacial score (nSPS) is 18.8. The van der Waals surface area contributed by atoms with E-state index in [-0.39, 0.29) is 12.7 Å². The first-order valence-corrected chi connectivity index (χ1v) is 11.1. The van der Waals surface area contributed by atoms with Crippen LogP contribution in [0, 0.1) is 0 Å². The van der Waals surface area contributed by atoms with E-state index in [1.807, 2.05) is 12.1 Å². The molecule has 0 bridgehead atoms.